The number of hydrogen-bond acceptors (Lipinski definition) is 2. The summed E-state index contributed by atoms with van der Waals surface area (Å²) in [4.78, 5) is 10.5. The quantitative estimate of drug-likeness (QED) is 0.678. The SMILES string of the molecule is CC(C)CC(CC(=O)O)C[PH](C)=O. The van der Waals surface area contributed by atoms with Crippen LogP contribution in [0.4, 0.5) is 0 Å². The van der Waals surface area contributed by atoms with E-state index in [1.807, 2.05) is 0 Å². The van der Waals surface area contributed by atoms with E-state index < -0.39 is 13.8 Å². The lowest BCUT2D eigenvalue weighted by Gasteiger charge is -2.15. The van der Waals surface area contributed by atoms with Gasteiger partial charge in [0, 0.05) is 12.6 Å². The lowest BCUT2D eigenvalue weighted by atomic mass is 9.96. The van der Waals surface area contributed by atoms with Crippen molar-refractivity contribution in [1.29, 1.82) is 0 Å². The minimum Gasteiger partial charge on any atom is -0.481 e. The molecule has 0 bridgehead atoms. The van der Waals surface area contributed by atoms with Gasteiger partial charge < -0.3 is 9.67 Å². The Bertz CT molecular complexity index is 173. The summed E-state index contributed by atoms with van der Waals surface area (Å²) in [5.41, 5.74) is 0. The Labute approximate surface area is 80.3 Å². The molecule has 13 heavy (non-hydrogen) atoms. The Balaban J connectivity index is 4.02. The second-order valence-corrected chi connectivity index (χ2v) is 5.81. The molecule has 0 amide bonds. The average Bonchev–Trinajstić information content (AvgIpc) is 1.80. The van der Waals surface area contributed by atoms with Crippen molar-refractivity contribution < 1.29 is 14.5 Å². The van der Waals surface area contributed by atoms with Gasteiger partial charge in [-0.15, -0.1) is 0 Å². The lowest BCUT2D eigenvalue weighted by molar-refractivity contribution is -0.138. The van der Waals surface area contributed by atoms with Crippen molar-refractivity contribution in [3.63, 3.8) is 0 Å². The summed E-state index contributed by atoms with van der Waals surface area (Å²) in [6.07, 6.45) is 1.59. The van der Waals surface area contributed by atoms with Crippen molar-refractivity contribution in [2.24, 2.45) is 11.8 Å². The molecule has 0 aromatic carbocycles. The third kappa shape index (κ3) is 8.04. The van der Waals surface area contributed by atoms with Crippen molar-refractivity contribution in [1.82, 2.24) is 0 Å². The summed E-state index contributed by atoms with van der Waals surface area (Å²) >= 11 is 0. The van der Waals surface area contributed by atoms with Gasteiger partial charge in [-0.05, 0) is 24.9 Å². The summed E-state index contributed by atoms with van der Waals surface area (Å²) in [7, 11) is -1.54. The summed E-state index contributed by atoms with van der Waals surface area (Å²) in [5.74, 6) is -0.214. The van der Waals surface area contributed by atoms with Crippen LogP contribution in [0.3, 0.4) is 0 Å². The van der Waals surface area contributed by atoms with Crippen molar-refractivity contribution >= 4 is 13.8 Å². The van der Waals surface area contributed by atoms with Gasteiger partial charge in [-0.3, -0.25) is 4.79 Å². The van der Waals surface area contributed by atoms with E-state index in [1.54, 1.807) is 6.66 Å². The maximum atomic E-state index is 11.0. The largest absolute Gasteiger partial charge is 0.481 e. The fourth-order valence-corrected chi connectivity index (χ4v) is 2.68. The van der Waals surface area contributed by atoms with E-state index in [0.717, 1.165) is 6.42 Å². The van der Waals surface area contributed by atoms with Gasteiger partial charge >= 0.3 is 5.97 Å². The number of aliphatic carboxylic acids is 1. The highest BCUT2D eigenvalue weighted by molar-refractivity contribution is 7.43. The Morgan fingerprint density at radius 3 is 2.31 bits per heavy atom. The second-order valence-electron chi connectivity index (χ2n) is 4.00. The van der Waals surface area contributed by atoms with Crippen molar-refractivity contribution in [3.8, 4) is 0 Å². The van der Waals surface area contributed by atoms with Gasteiger partial charge in [0.25, 0.3) is 0 Å². The number of hydrogen-bond donors (Lipinski definition) is 1. The van der Waals surface area contributed by atoms with Crippen LogP contribution in [0.5, 0.6) is 0 Å². The molecule has 0 saturated heterocycles. The molecule has 0 spiro atoms. The molecule has 0 aromatic heterocycles. The van der Waals surface area contributed by atoms with Gasteiger partial charge in [0.1, 0.15) is 0 Å². The lowest BCUT2D eigenvalue weighted by Crippen LogP contribution is -2.12. The first kappa shape index (κ1) is 12.7. The van der Waals surface area contributed by atoms with Gasteiger partial charge in [0.15, 0.2) is 0 Å². The van der Waals surface area contributed by atoms with Crippen LogP contribution in [-0.4, -0.2) is 23.9 Å². The predicted octanol–water partition coefficient (Wildman–Crippen LogP) is 2.31. The summed E-state index contributed by atoms with van der Waals surface area (Å²) in [6, 6.07) is 0. The standard InChI is InChI=1S/C9H19O3P/c1-7(2)4-8(5-9(10)11)6-13(3)12/h7-8,13H,4-6H2,1-3H3,(H,10,11). The zero-order valence-corrected chi connectivity index (χ0v) is 9.54. The van der Waals surface area contributed by atoms with Crippen LogP contribution in [0.1, 0.15) is 26.7 Å². The van der Waals surface area contributed by atoms with Crippen LogP contribution in [0.15, 0.2) is 0 Å². The Morgan fingerprint density at radius 1 is 1.46 bits per heavy atom. The Hall–Kier alpha value is -0.300. The topological polar surface area (TPSA) is 54.4 Å². The number of carbonyl (C=O) groups is 1. The van der Waals surface area contributed by atoms with E-state index in [0.29, 0.717) is 12.1 Å². The van der Waals surface area contributed by atoms with Crippen LogP contribution in [0.25, 0.3) is 0 Å². The molecule has 4 heteroatoms. The van der Waals surface area contributed by atoms with E-state index in [-0.39, 0.29) is 12.3 Å². The predicted molar refractivity (Wildman–Crippen MR) is 55.0 cm³/mol. The minimum atomic E-state index is -1.54. The molecule has 0 aromatic rings. The molecule has 0 fully saturated rings. The fraction of sp³-hybridized carbons (Fsp3) is 0.889. The molecule has 1 N–H and O–H groups in total. The fourth-order valence-electron chi connectivity index (χ4n) is 1.56. The highest BCUT2D eigenvalue weighted by Crippen LogP contribution is 2.26. The first-order chi connectivity index (χ1) is 5.91. The van der Waals surface area contributed by atoms with Gasteiger partial charge in [0.05, 0.1) is 7.80 Å². The maximum absolute atomic E-state index is 11.0. The molecule has 0 aliphatic rings. The highest BCUT2D eigenvalue weighted by Gasteiger charge is 2.15. The third-order valence-corrected chi connectivity index (χ3v) is 3.00. The molecule has 2 atom stereocenters. The van der Waals surface area contributed by atoms with Crippen LogP contribution in [0, 0.1) is 11.8 Å². The van der Waals surface area contributed by atoms with Gasteiger partial charge in [0.2, 0.25) is 0 Å². The number of rotatable bonds is 6. The van der Waals surface area contributed by atoms with Gasteiger partial charge in [-0.2, -0.15) is 0 Å². The molecule has 0 aliphatic heterocycles. The number of carboxylic acids is 1. The normalized spacial score (nSPS) is 15.7. The molecule has 0 radical (unpaired) electrons. The van der Waals surface area contributed by atoms with Gasteiger partial charge in [-0.25, -0.2) is 0 Å². The van der Waals surface area contributed by atoms with E-state index in [2.05, 4.69) is 13.8 Å². The van der Waals surface area contributed by atoms with Crippen molar-refractivity contribution in [2.45, 2.75) is 26.7 Å². The molecule has 3 nitrogen and oxygen atoms in total. The molecular weight excluding hydrogens is 187 g/mol. The molecule has 0 heterocycles. The summed E-state index contributed by atoms with van der Waals surface area (Å²) < 4.78 is 11.0. The molecule has 0 saturated carbocycles. The Morgan fingerprint density at radius 2 is 2.00 bits per heavy atom. The van der Waals surface area contributed by atoms with Crippen LogP contribution < -0.4 is 0 Å². The van der Waals surface area contributed by atoms with E-state index in [9.17, 15) is 9.36 Å². The average molecular weight is 206 g/mol. The van der Waals surface area contributed by atoms with E-state index in [4.69, 9.17) is 5.11 Å². The van der Waals surface area contributed by atoms with E-state index in [1.165, 1.54) is 0 Å². The smallest absolute Gasteiger partial charge is 0.303 e. The zero-order valence-electron chi connectivity index (χ0n) is 8.54. The molecular formula is C9H19O3P. The first-order valence-corrected chi connectivity index (χ1v) is 6.74. The summed E-state index contributed by atoms with van der Waals surface area (Å²) in [5, 5.41) is 8.62. The van der Waals surface area contributed by atoms with Crippen molar-refractivity contribution in [2.75, 3.05) is 12.8 Å². The Kier molecular flexibility index (Phi) is 6.06. The molecule has 0 aliphatic carbocycles. The monoisotopic (exact) mass is 206 g/mol. The first-order valence-electron chi connectivity index (χ1n) is 4.63. The summed E-state index contributed by atoms with van der Waals surface area (Å²) in [6.45, 7) is 5.81. The number of carboxylic acid groups (broad SMARTS) is 1. The third-order valence-electron chi connectivity index (χ3n) is 1.84. The van der Waals surface area contributed by atoms with Gasteiger partial charge in [-0.1, -0.05) is 13.8 Å². The highest BCUT2D eigenvalue weighted by atomic mass is 31.1. The molecule has 78 valence electrons. The molecule has 2 unspecified atom stereocenters. The maximum Gasteiger partial charge on any atom is 0.303 e. The second kappa shape index (κ2) is 6.20. The van der Waals surface area contributed by atoms with Crippen LogP contribution in [-0.2, 0) is 9.36 Å². The van der Waals surface area contributed by atoms with Crippen LogP contribution >= 0.6 is 7.80 Å². The van der Waals surface area contributed by atoms with E-state index >= 15 is 0 Å². The van der Waals surface area contributed by atoms with Crippen LogP contribution in [0.2, 0.25) is 0 Å². The van der Waals surface area contributed by atoms with Crippen molar-refractivity contribution in [3.05, 3.63) is 0 Å². The zero-order chi connectivity index (χ0) is 10.4. The minimum absolute atomic E-state index is 0.0916. The molecule has 0 rings (SSSR count).